The lowest BCUT2D eigenvalue weighted by Crippen LogP contribution is -2.46. The van der Waals surface area contributed by atoms with Crippen LogP contribution in [0.4, 0.5) is 0 Å². The smallest absolute Gasteiger partial charge is 0.348 e. The quantitative estimate of drug-likeness (QED) is 0.534. The Balaban J connectivity index is 1.52. The van der Waals surface area contributed by atoms with E-state index in [0.29, 0.717) is 17.5 Å². The van der Waals surface area contributed by atoms with Gasteiger partial charge in [-0.1, -0.05) is 30.3 Å². The van der Waals surface area contributed by atoms with Crippen molar-refractivity contribution >= 4 is 23.3 Å². The monoisotopic (exact) mass is 473 g/mol. The Bertz CT molecular complexity index is 902. The van der Waals surface area contributed by atoms with E-state index >= 15 is 0 Å². The van der Waals surface area contributed by atoms with E-state index < -0.39 is 5.41 Å². The molecule has 2 aromatic rings. The molecular weight excluding hydrogens is 438 g/mol. The largest absolute Gasteiger partial charge is 0.465 e. The molecule has 1 fully saturated rings. The van der Waals surface area contributed by atoms with Crippen molar-refractivity contribution < 1.29 is 19.2 Å². The fourth-order valence-electron chi connectivity index (χ4n) is 3.63. The zero-order valence-corrected chi connectivity index (χ0v) is 20.7. The van der Waals surface area contributed by atoms with Gasteiger partial charge in [0.05, 0.1) is 12.5 Å². The van der Waals surface area contributed by atoms with Crippen molar-refractivity contribution in [2.45, 2.75) is 52.2 Å². The summed E-state index contributed by atoms with van der Waals surface area (Å²) in [5.41, 5.74) is 0.729. The molecule has 33 heavy (non-hydrogen) atoms. The molecule has 1 aromatic carbocycles. The van der Waals surface area contributed by atoms with E-state index in [2.05, 4.69) is 34.9 Å². The molecule has 0 amide bonds. The molecule has 1 saturated heterocycles. The third-order valence-corrected chi connectivity index (χ3v) is 6.68. The molecule has 2 heterocycles. The molecule has 0 aliphatic carbocycles. The van der Waals surface area contributed by atoms with Gasteiger partial charge in [-0.15, -0.1) is 16.4 Å². The van der Waals surface area contributed by atoms with Gasteiger partial charge in [0.1, 0.15) is 4.88 Å². The van der Waals surface area contributed by atoms with Crippen LogP contribution >= 0.6 is 11.3 Å². The van der Waals surface area contributed by atoms with Gasteiger partial charge in [0.15, 0.2) is 0 Å². The Morgan fingerprint density at radius 3 is 2.45 bits per heavy atom. The first kappa shape index (κ1) is 25.4. The minimum atomic E-state index is -0.501. The molecule has 3 rings (SSSR count). The maximum Gasteiger partial charge on any atom is 0.348 e. The van der Waals surface area contributed by atoms with Crippen LogP contribution in [0.25, 0.3) is 0 Å². The molecule has 0 unspecified atom stereocenters. The van der Waals surface area contributed by atoms with Crippen LogP contribution < -0.4 is 10.6 Å². The third-order valence-electron chi connectivity index (χ3n) is 5.61. The number of rotatable bonds is 9. The van der Waals surface area contributed by atoms with Crippen LogP contribution in [-0.2, 0) is 20.9 Å². The Morgan fingerprint density at radius 1 is 1.12 bits per heavy atom. The summed E-state index contributed by atoms with van der Waals surface area (Å²) in [6, 6.07) is 14.7. The lowest BCUT2D eigenvalue weighted by molar-refractivity contribution is -0.205. The molecule has 180 valence electrons. The van der Waals surface area contributed by atoms with Crippen LogP contribution in [0.2, 0.25) is 0 Å². The van der Waals surface area contributed by atoms with Gasteiger partial charge in [0.25, 0.3) is 0 Å². The number of carbonyl (C=O) groups excluding carboxylic acids is 2. The first-order valence-corrected chi connectivity index (χ1v) is 12.2. The molecule has 2 N–H and O–H groups in total. The van der Waals surface area contributed by atoms with E-state index in [1.807, 2.05) is 32.9 Å². The highest BCUT2D eigenvalue weighted by atomic mass is 32.1. The number of hydrogen-bond donors (Lipinski definition) is 2. The van der Waals surface area contributed by atoms with Crippen molar-refractivity contribution in [3.05, 3.63) is 57.8 Å². The van der Waals surface area contributed by atoms with Gasteiger partial charge in [-0.25, -0.2) is 9.59 Å². The third kappa shape index (κ3) is 7.64. The number of nitrogens with one attached hydrogen (secondary N) is 2. The van der Waals surface area contributed by atoms with Gasteiger partial charge in [0, 0.05) is 43.1 Å². The summed E-state index contributed by atoms with van der Waals surface area (Å²) < 4.78 is 4.79. The minimum Gasteiger partial charge on any atom is -0.465 e. The number of benzene rings is 1. The molecule has 7 nitrogen and oxygen atoms in total. The molecule has 1 aromatic heterocycles. The van der Waals surface area contributed by atoms with Gasteiger partial charge in [0.2, 0.25) is 0 Å². The standard InChI is InChI=1S/C25H35N3O4S/c1-25(2,3)24(30)32-28-14-12-19(13-15-28)27-21(18-8-6-5-7-9-18)17-26-16-20-10-11-22(33-20)23(29)31-4/h5-11,19,21,26-27H,12-17H2,1-4H3/t21-/m0/s1. The molecule has 1 atom stereocenters. The van der Waals surface area contributed by atoms with E-state index in [1.54, 1.807) is 11.1 Å². The normalized spacial score (nSPS) is 16.4. The second kappa shape index (κ2) is 11.7. The van der Waals surface area contributed by atoms with Gasteiger partial charge in [-0.3, -0.25) is 0 Å². The number of hydroxylamine groups is 2. The topological polar surface area (TPSA) is 79.9 Å². The number of hydrogen-bond acceptors (Lipinski definition) is 8. The first-order chi connectivity index (χ1) is 15.8. The molecule has 0 radical (unpaired) electrons. The van der Waals surface area contributed by atoms with E-state index in [0.717, 1.165) is 37.4 Å². The number of methoxy groups -OCH3 is 1. The van der Waals surface area contributed by atoms with Crippen LogP contribution in [0, 0.1) is 5.41 Å². The van der Waals surface area contributed by atoms with Crippen molar-refractivity contribution in [1.29, 1.82) is 0 Å². The molecule has 0 spiro atoms. The van der Waals surface area contributed by atoms with E-state index in [4.69, 9.17) is 9.57 Å². The maximum atomic E-state index is 12.2. The fraction of sp³-hybridized carbons (Fsp3) is 0.520. The Morgan fingerprint density at radius 2 is 1.82 bits per heavy atom. The highest BCUT2D eigenvalue weighted by Gasteiger charge is 2.29. The predicted octanol–water partition coefficient (Wildman–Crippen LogP) is 3.92. The number of nitrogens with zero attached hydrogens (tertiary/aromatic N) is 1. The summed E-state index contributed by atoms with van der Waals surface area (Å²) in [5, 5.41) is 9.11. The number of thiophene rings is 1. The van der Waals surface area contributed by atoms with Crippen LogP contribution in [-0.4, -0.2) is 49.8 Å². The molecule has 1 aliphatic rings. The Kier molecular flexibility index (Phi) is 9.02. The van der Waals surface area contributed by atoms with Crippen molar-refractivity contribution in [2.75, 3.05) is 26.7 Å². The van der Waals surface area contributed by atoms with E-state index in [1.165, 1.54) is 24.0 Å². The minimum absolute atomic E-state index is 0.153. The summed E-state index contributed by atoms with van der Waals surface area (Å²) in [4.78, 5) is 31.1. The fourth-order valence-corrected chi connectivity index (χ4v) is 4.53. The number of carbonyl (C=O) groups is 2. The number of esters is 1. The molecule has 8 heteroatoms. The van der Waals surface area contributed by atoms with Crippen LogP contribution in [0.1, 0.15) is 59.8 Å². The van der Waals surface area contributed by atoms with Crippen molar-refractivity contribution in [2.24, 2.45) is 5.41 Å². The summed E-state index contributed by atoms with van der Waals surface area (Å²) >= 11 is 1.45. The summed E-state index contributed by atoms with van der Waals surface area (Å²) in [5.74, 6) is -0.487. The SMILES string of the molecule is COC(=O)c1ccc(CNC[C@H](NC2CCN(OC(=O)C(C)(C)C)CC2)c2ccccc2)s1. The summed E-state index contributed by atoms with van der Waals surface area (Å²) in [7, 11) is 1.40. The summed E-state index contributed by atoms with van der Waals surface area (Å²) in [6.45, 7) is 8.50. The second-order valence-corrected chi connectivity index (χ2v) is 10.5. The van der Waals surface area contributed by atoms with Gasteiger partial charge < -0.3 is 20.2 Å². The molecule has 0 saturated carbocycles. The lowest BCUT2D eigenvalue weighted by Gasteiger charge is -2.34. The summed E-state index contributed by atoms with van der Waals surface area (Å²) in [6.07, 6.45) is 1.82. The van der Waals surface area contributed by atoms with Crippen LogP contribution in [0.5, 0.6) is 0 Å². The van der Waals surface area contributed by atoms with Gasteiger partial charge in [-0.2, -0.15) is 0 Å². The average molecular weight is 474 g/mol. The molecular formula is C25H35N3O4S. The molecule has 1 aliphatic heterocycles. The zero-order valence-electron chi connectivity index (χ0n) is 19.9. The highest BCUT2D eigenvalue weighted by Crippen LogP contribution is 2.21. The number of ether oxygens (including phenoxy) is 1. The van der Waals surface area contributed by atoms with E-state index in [9.17, 15) is 9.59 Å². The Hall–Kier alpha value is -2.26. The molecule has 0 bridgehead atoms. The zero-order chi connectivity index (χ0) is 23.8. The van der Waals surface area contributed by atoms with Crippen LogP contribution in [0.3, 0.4) is 0 Å². The van der Waals surface area contributed by atoms with E-state index in [-0.39, 0.29) is 18.0 Å². The first-order valence-electron chi connectivity index (χ1n) is 11.4. The Labute approximate surface area is 200 Å². The average Bonchev–Trinajstić information content (AvgIpc) is 3.28. The van der Waals surface area contributed by atoms with Crippen molar-refractivity contribution in [3.8, 4) is 0 Å². The van der Waals surface area contributed by atoms with Gasteiger partial charge >= 0.3 is 11.9 Å². The maximum absolute atomic E-state index is 12.2. The van der Waals surface area contributed by atoms with Crippen molar-refractivity contribution in [1.82, 2.24) is 15.7 Å². The lowest BCUT2D eigenvalue weighted by atomic mass is 9.97. The predicted molar refractivity (Wildman–Crippen MR) is 130 cm³/mol. The second-order valence-electron chi connectivity index (χ2n) is 9.35. The van der Waals surface area contributed by atoms with Crippen molar-refractivity contribution in [3.63, 3.8) is 0 Å². The number of piperidine rings is 1. The highest BCUT2D eigenvalue weighted by molar-refractivity contribution is 7.13. The van der Waals surface area contributed by atoms with Crippen LogP contribution in [0.15, 0.2) is 42.5 Å². The van der Waals surface area contributed by atoms with Gasteiger partial charge in [-0.05, 0) is 51.3 Å².